The van der Waals surface area contributed by atoms with Crippen molar-refractivity contribution in [1.29, 1.82) is 0 Å². The standard InChI is InChI=1S/C9H13NO2/c1-3-8(11)10-7(2)5-4-6-9(10)12/h3,7H,1,4-6H2,2H3. The lowest BCUT2D eigenvalue weighted by Crippen LogP contribution is -2.45. The highest BCUT2D eigenvalue weighted by Crippen LogP contribution is 2.17. The predicted molar refractivity (Wildman–Crippen MR) is 45.4 cm³/mol. The Balaban J connectivity index is 2.75. The van der Waals surface area contributed by atoms with Crippen LogP contribution in [0.3, 0.4) is 0 Å². The number of likely N-dealkylation sites (tertiary alicyclic amines) is 1. The van der Waals surface area contributed by atoms with E-state index in [4.69, 9.17) is 0 Å². The molecule has 3 heteroatoms. The SMILES string of the molecule is C=CC(=O)N1C(=O)CCCC1C. The van der Waals surface area contributed by atoms with Crippen molar-refractivity contribution < 1.29 is 9.59 Å². The van der Waals surface area contributed by atoms with Crippen LogP contribution in [0.15, 0.2) is 12.7 Å². The van der Waals surface area contributed by atoms with Gasteiger partial charge in [-0.2, -0.15) is 0 Å². The Kier molecular flexibility index (Phi) is 2.63. The monoisotopic (exact) mass is 167 g/mol. The second-order valence-electron chi connectivity index (χ2n) is 3.05. The van der Waals surface area contributed by atoms with Crippen LogP contribution in [0.2, 0.25) is 0 Å². The Hall–Kier alpha value is -1.12. The molecule has 1 fully saturated rings. The number of amides is 2. The molecule has 0 N–H and O–H groups in total. The molecule has 1 aliphatic rings. The van der Waals surface area contributed by atoms with E-state index in [1.54, 1.807) is 0 Å². The van der Waals surface area contributed by atoms with E-state index in [2.05, 4.69) is 6.58 Å². The summed E-state index contributed by atoms with van der Waals surface area (Å²) >= 11 is 0. The van der Waals surface area contributed by atoms with Crippen molar-refractivity contribution in [3.05, 3.63) is 12.7 Å². The minimum Gasteiger partial charge on any atom is -0.276 e. The Morgan fingerprint density at radius 3 is 2.92 bits per heavy atom. The Morgan fingerprint density at radius 2 is 2.42 bits per heavy atom. The van der Waals surface area contributed by atoms with Crippen LogP contribution in [0.4, 0.5) is 0 Å². The third kappa shape index (κ3) is 1.55. The van der Waals surface area contributed by atoms with Gasteiger partial charge in [-0.1, -0.05) is 6.58 Å². The molecule has 12 heavy (non-hydrogen) atoms. The van der Waals surface area contributed by atoms with Gasteiger partial charge in [0.2, 0.25) is 5.91 Å². The van der Waals surface area contributed by atoms with Crippen LogP contribution in [0.5, 0.6) is 0 Å². The molecule has 0 aromatic heterocycles. The molecule has 2 amide bonds. The quantitative estimate of drug-likeness (QED) is 0.548. The Morgan fingerprint density at radius 1 is 1.75 bits per heavy atom. The van der Waals surface area contributed by atoms with Crippen LogP contribution in [-0.4, -0.2) is 22.8 Å². The molecule has 0 aliphatic carbocycles. The first kappa shape index (κ1) is 8.97. The first-order valence-corrected chi connectivity index (χ1v) is 4.15. The first-order valence-electron chi connectivity index (χ1n) is 4.15. The van der Waals surface area contributed by atoms with E-state index in [1.165, 1.54) is 11.0 Å². The second-order valence-corrected chi connectivity index (χ2v) is 3.05. The van der Waals surface area contributed by atoms with Crippen molar-refractivity contribution in [3.8, 4) is 0 Å². The normalized spacial score (nSPS) is 23.9. The van der Waals surface area contributed by atoms with Gasteiger partial charge in [0, 0.05) is 12.5 Å². The second kappa shape index (κ2) is 3.52. The molecule has 1 aliphatic heterocycles. The zero-order valence-electron chi connectivity index (χ0n) is 7.25. The molecule has 0 spiro atoms. The molecule has 1 rings (SSSR count). The fraction of sp³-hybridized carbons (Fsp3) is 0.556. The van der Waals surface area contributed by atoms with Crippen LogP contribution < -0.4 is 0 Å². The van der Waals surface area contributed by atoms with Crippen molar-refractivity contribution in [2.24, 2.45) is 0 Å². The van der Waals surface area contributed by atoms with E-state index >= 15 is 0 Å². The molecule has 0 aromatic carbocycles. The zero-order chi connectivity index (χ0) is 9.14. The molecule has 1 atom stereocenters. The fourth-order valence-electron chi connectivity index (χ4n) is 1.48. The van der Waals surface area contributed by atoms with Crippen molar-refractivity contribution in [1.82, 2.24) is 4.90 Å². The summed E-state index contributed by atoms with van der Waals surface area (Å²) in [6.45, 7) is 5.25. The van der Waals surface area contributed by atoms with E-state index in [9.17, 15) is 9.59 Å². The van der Waals surface area contributed by atoms with E-state index in [0.29, 0.717) is 6.42 Å². The fourth-order valence-corrected chi connectivity index (χ4v) is 1.48. The molecule has 0 saturated carbocycles. The van der Waals surface area contributed by atoms with E-state index in [0.717, 1.165) is 12.8 Å². The lowest BCUT2D eigenvalue weighted by Gasteiger charge is -2.30. The first-order chi connectivity index (χ1) is 5.66. The average Bonchev–Trinajstić information content (AvgIpc) is 2.03. The highest BCUT2D eigenvalue weighted by molar-refractivity contribution is 6.01. The number of nitrogens with zero attached hydrogens (tertiary/aromatic N) is 1. The minimum atomic E-state index is -0.271. The predicted octanol–water partition coefficient (Wildman–Crippen LogP) is 1.10. The highest BCUT2D eigenvalue weighted by Gasteiger charge is 2.28. The molecule has 1 heterocycles. The number of hydrogen-bond acceptors (Lipinski definition) is 2. The topological polar surface area (TPSA) is 37.4 Å². The van der Waals surface area contributed by atoms with Crippen molar-refractivity contribution in [2.45, 2.75) is 32.2 Å². The summed E-state index contributed by atoms with van der Waals surface area (Å²) in [5, 5.41) is 0. The van der Waals surface area contributed by atoms with Gasteiger partial charge >= 0.3 is 0 Å². The van der Waals surface area contributed by atoms with Crippen LogP contribution in [-0.2, 0) is 9.59 Å². The molecular weight excluding hydrogens is 154 g/mol. The lowest BCUT2D eigenvalue weighted by molar-refractivity contribution is -0.146. The van der Waals surface area contributed by atoms with Crippen LogP contribution >= 0.6 is 0 Å². The lowest BCUT2D eigenvalue weighted by atomic mass is 10.0. The van der Waals surface area contributed by atoms with Crippen molar-refractivity contribution >= 4 is 11.8 Å². The van der Waals surface area contributed by atoms with Gasteiger partial charge < -0.3 is 0 Å². The summed E-state index contributed by atoms with van der Waals surface area (Å²) < 4.78 is 0. The summed E-state index contributed by atoms with van der Waals surface area (Å²) in [5.74, 6) is -0.342. The molecule has 1 saturated heterocycles. The van der Waals surface area contributed by atoms with Crippen LogP contribution in [0, 0.1) is 0 Å². The summed E-state index contributed by atoms with van der Waals surface area (Å²) in [6.07, 6.45) is 3.48. The number of piperidine rings is 1. The van der Waals surface area contributed by atoms with Crippen molar-refractivity contribution in [2.75, 3.05) is 0 Å². The van der Waals surface area contributed by atoms with Gasteiger partial charge in [0.15, 0.2) is 0 Å². The van der Waals surface area contributed by atoms with Crippen molar-refractivity contribution in [3.63, 3.8) is 0 Å². The number of carbonyl (C=O) groups is 2. The van der Waals surface area contributed by atoms with Gasteiger partial charge in [-0.25, -0.2) is 0 Å². The van der Waals surface area contributed by atoms with Crippen LogP contribution in [0.1, 0.15) is 26.2 Å². The molecule has 0 bridgehead atoms. The number of carbonyl (C=O) groups excluding carboxylic acids is 2. The van der Waals surface area contributed by atoms with Gasteiger partial charge in [-0.3, -0.25) is 14.5 Å². The summed E-state index contributed by atoms with van der Waals surface area (Å²) in [4.78, 5) is 23.7. The largest absolute Gasteiger partial charge is 0.276 e. The van der Waals surface area contributed by atoms with Gasteiger partial charge in [0.05, 0.1) is 0 Å². The third-order valence-electron chi connectivity index (χ3n) is 2.13. The van der Waals surface area contributed by atoms with E-state index in [1.807, 2.05) is 6.92 Å². The molecule has 0 aromatic rings. The van der Waals surface area contributed by atoms with Gasteiger partial charge in [-0.15, -0.1) is 0 Å². The smallest absolute Gasteiger partial charge is 0.252 e. The number of imide groups is 1. The highest BCUT2D eigenvalue weighted by atomic mass is 16.2. The van der Waals surface area contributed by atoms with Gasteiger partial charge in [-0.05, 0) is 25.8 Å². The maximum absolute atomic E-state index is 11.3. The van der Waals surface area contributed by atoms with Crippen LogP contribution in [0.25, 0.3) is 0 Å². The Labute approximate surface area is 72.0 Å². The zero-order valence-corrected chi connectivity index (χ0v) is 7.25. The number of hydrogen-bond donors (Lipinski definition) is 0. The molecular formula is C9H13NO2. The third-order valence-corrected chi connectivity index (χ3v) is 2.13. The molecule has 1 unspecified atom stereocenters. The molecule has 3 nitrogen and oxygen atoms in total. The van der Waals surface area contributed by atoms with Gasteiger partial charge in [0.1, 0.15) is 0 Å². The molecule has 0 radical (unpaired) electrons. The maximum Gasteiger partial charge on any atom is 0.252 e. The van der Waals surface area contributed by atoms with E-state index < -0.39 is 0 Å². The maximum atomic E-state index is 11.3. The number of rotatable bonds is 1. The summed E-state index contributed by atoms with van der Waals surface area (Å²) in [7, 11) is 0. The average molecular weight is 167 g/mol. The Bertz CT molecular complexity index is 223. The minimum absolute atomic E-state index is 0.0387. The molecule has 66 valence electrons. The summed E-state index contributed by atoms with van der Waals surface area (Å²) in [6, 6.07) is 0.0387. The van der Waals surface area contributed by atoms with Gasteiger partial charge in [0.25, 0.3) is 5.91 Å². The summed E-state index contributed by atoms with van der Waals surface area (Å²) in [5.41, 5.74) is 0. The van der Waals surface area contributed by atoms with E-state index in [-0.39, 0.29) is 17.9 Å².